The molecule has 1 heterocycles. The largest absolute Gasteiger partial charge is 0.397 e. The van der Waals surface area contributed by atoms with Crippen LogP contribution in [-0.2, 0) is 4.84 Å². The van der Waals surface area contributed by atoms with E-state index >= 15 is 0 Å². The maximum atomic E-state index is 5.84. The second kappa shape index (κ2) is 3.74. The first-order valence-electron chi connectivity index (χ1n) is 4.65. The lowest BCUT2D eigenvalue weighted by molar-refractivity contribution is 0.185. The van der Waals surface area contributed by atoms with Gasteiger partial charge in [0.05, 0.1) is 24.0 Å². The van der Waals surface area contributed by atoms with E-state index < -0.39 is 0 Å². The van der Waals surface area contributed by atoms with E-state index in [1.165, 1.54) is 0 Å². The molecule has 0 aliphatic rings. The van der Waals surface area contributed by atoms with Gasteiger partial charge in [-0.25, -0.2) is 0 Å². The van der Waals surface area contributed by atoms with Crippen molar-refractivity contribution in [1.82, 2.24) is 4.98 Å². The molecule has 2 aromatic rings. The third-order valence-electron chi connectivity index (χ3n) is 2.39. The molecule has 2 rings (SSSR count). The van der Waals surface area contributed by atoms with Gasteiger partial charge in [-0.2, -0.15) is 0 Å². The van der Waals surface area contributed by atoms with Crippen LogP contribution in [0.1, 0.15) is 0 Å². The quantitative estimate of drug-likeness (QED) is 0.597. The summed E-state index contributed by atoms with van der Waals surface area (Å²) in [6.07, 6.45) is 1.73. The highest BCUT2D eigenvalue weighted by molar-refractivity contribution is 5.98. The molecule has 2 N–H and O–H groups in total. The minimum atomic E-state index is 0.679. The number of anilines is 2. The molecule has 0 unspecified atom stereocenters. The topological polar surface area (TPSA) is 51.4 Å². The van der Waals surface area contributed by atoms with E-state index in [1.54, 1.807) is 18.4 Å². The molecule has 4 nitrogen and oxygen atoms in total. The second-order valence-corrected chi connectivity index (χ2v) is 3.25. The van der Waals surface area contributed by atoms with Crippen LogP contribution in [0.15, 0.2) is 30.5 Å². The molecule has 0 saturated carbocycles. The molecule has 0 aliphatic heterocycles. The number of hydroxylamine groups is 1. The molecular weight excluding hydrogens is 190 g/mol. The molecule has 0 atom stereocenters. The SMILES string of the molecule is CON(C)c1ccc(N)c2ncccc12. The zero-order chi connectivity index (χ0) is 10.8. The third kappa shape index (κ3) is 1.59. The smallest absolute Gasteiger partial charge is 0.0952 e. The number of nitrogens with two attached hydrogens (primary N) is 1. The van der Waals surface area contributed by atoms with Gasteiger partial charge < -0.3 is 5.73 Å². The van der Waals surface area contributed by atoms with Crippen LogP contribution < -0.4 is 10.8 Å². The van der Waals surface area contributed by atoms with Gasteiger partial charge in [0.1, 0.15) is 0 Å². The van der Waals surface area contributed by atoms with Crippen LogP contribution in [0.25, 0.3) is 10.9 Å². The van der Waals surface area contributed by atoms with Crippen LogP contribution in [0.5, 0.6) is 0 Å². The fraction of sp³-hybridized carbons (Fsp3) is 0.182. The van der Waals surface area contributed by atoms with Gasteiger partial charge in [-0.3, -0.25) is 14.9 Å². The van der Waals surface area contributed by atoms with Crippen LogP contribution >= 0.6 is 0 Å². The molecule has 1 aromatic heterocycles. The first kappa shape index (κ1) is 9.73. The Kier molecular flexibility index (Phi) is 2.43. The summed E-state index contributed by atoms with van der Waals surface area (Å²) < 4.78 is 0. The maximum absolute atomic E-state index is 5.84. The Morgan fingerprint density at radius 1 is 1.33 bits per heavy atom. The van der Waals surface area contributed by atoms with Gasteiger partial charge in [0.15, 0.2) is 0 Å². The molecule has 0 aliphatic carbocycles. The number of rotatable bonds is 2. The average molecular weight is 203 g/mol. The lowest BCUT2D eigenvalue weighted by Crippen LogP contribution is -2.15. The fourth-order valence-corrected chi connectivity index (χ4v) is 1.55. The lowest BCUT2D eigenvalue weighted by atomic mass is 10.1. The van der Waals surface area contributed by atoms with E-state index in [9.17, 15) is 0 Å². The number of nitrogens with zero attached hydrogens (tertiary/aromatic N) is 2. The standard InChI is InChI=1S/C11H13N3O/c1-14(15-2)10-6-5-9(12)11-8(10)4-3-7-13-11/h3-7H,12H2,1-2H3. The highest BCUT2D eigenvalue weighted by atomic mass is 16.7. The first-order valence-corrected chi connectivity index (χ1v) is 4.65. The number of aromatic nitrogens is 1. The minimum Gasteiger partial charge on any atom is -0.397 e. The summed E-state index contributed by atoms with van der Waals surface area (Å²) >= 11 is 0. The summed E-state index contributed by atoms with van der Waals surface area (Å²) in [5.41, 5.74) is 8.28. The number of fused-ring (bicyclic) bond motifs is 1. The number of hydrogen-bond donors (Lipinski definition) is 1. The van der Waals surface area contributed by atoms with Crippen molar-refractivity contribution in [3.63, 3.8) is 0 Å². The van der Waals surface area contributed by atoms with Gasteiger partial charge in [-0.1, -0.05) is 0 Å². The predicted molar refractivity (Wildman–Crippen MR) is 61.6 cm³/mol. The monoisotopic (exact) mass is 203 g/mol. The Labute approximate surface area is 88.2 Å². The van der Waals surface area contributed by atoms with Crippen LogP contribution in [0.3, 0.4) is 0 Å². The van der Waals surface area contributed by atoms with Crippen molar-refractivity contribution in [2.45, 2.75) is 0 Å². The number of pyridine rings is 1. The highest BCUT2D eigenvalue weighted by Crippen LogP contribution is 2.28. The van der Waals surface area contributed by atoms with Crippen LogP contribution in [0, 0.1) is 0 Å². The molecule has 1 aromatic carbocycles. The van der Waals surface area contributed by atoms with E-state index in [4.69, 9.17) is 10.6 Å². The molecule has 4 heteroatoms. The van der Waals surface area contributed by atoms with E-state index in [1.807, 2.05) is 31.3 Å². The van der Waals surface area contributed by atoms with Crippen molar-refractivity contribution in [2.24, 2.45) is 0 Å². The zero-order valence-electron chi connectivity index (χ0n) is 8.77. The van der Waals surface area contributed by atoms with Crippen molar-refractivity contribution in [1.29, 1.82) is 0 Å². The number of nitrogen functional groups attached to an aromatic ring is 1. The number of hydrogen-bond acceptors (Lipinski definition) is 4. The van der Waals surface area contributed by atoms with Gasteiger partial charge >= 0.3 is 0 Å². The summed E-state index contributed by atoms with van der Waals surface area (Å²) in [7, 11) is 3.47. The summed E-state index contributed by atoms with van der Waals surface area (Å²) in [5, 5.41) is 2.67. The Morgan fingerprint density at radius 3 is 2.87 bits per heavy atom. The van der Waals surface area contributed by atoms with Crippen molar-refractivity contribution >= 4 is 22.3 Å². The average Bonchev–Trinajstić information content (AvgIpc) is 2.29. The summed E-state index contributed by atoms with van der Waals surface area (Å²) in [5.74, 6) is 0. The molecule has 0 amide bonds. The van der Waals surface area contributed by atoms with E-state index in [0.717, 1.165) is 16.6 Å². The molecular formula is C11H13N3O. The Bertz CT molecular complexity index is 484. The van der Waals surface area contributed by atoms with E-state index in [0.29, 0.717) is 5.69 Å². The Balaban J connectivity index is 2.71. The van der Waals surface area contributed by atoms with E-state index in [2.05, 4.69) is 4.98 Å². The van der Waals surface area contributed by atoms with Crippen molar-refractivity contribution < 1.29 is 4.84 Å². The Hall–Kier alpha value is -1.81. The van der Waals surface area contributed by atoms with Crippen LogP contribution in [0.2, 0.25) is 0 Å². The van der Waals surface area contributed by atoms with Crippen LogP contribution in [-0.4, -0.2) is 19.1 Å². The van der Waals surface area contributed by atoms with E-state index in [-0.39, 0.29) is 0 Å². The van der Waals surface area contributed by atoms with Crippen molar-refractivity contribution in [3.8, 4) is 0 Å². The molecule has 0 fully saturated rings. The minimum absolute atomic E-state index is 0.679. The predicted octanol–water partition coefficient (Wildman–Crippen LogP) is 1.81. The lowest BCUT2D eigenvalue weighted by Gasteiger charge is -2.18. The first-order chi connectivity index (χ1) is 7.24. The molecule has 0 bridgehead atoms. The van der Waals surface area contributed by atoms with Crippen molar-refractivity contribution in [3.05, 3.63) is 30.5 Å². The highest BCUT2D eigenvalue weighted by Gasteiger charge is 2.07. The van der Waals surface area contributed by atoms with Gasteiger partial charge in [0, 0.05) is 18.6 Å². The summed E-state index contributed by atoms with van der Waals surface area (Å²) in [6, 6.07) is 7.61. The van der Waals surface area contributed by atoms with Gasteiger partial charge in [-0.15, -0.1) is 0 Å². The fourth-order valence-electron chi connectivity index (χ4n) is 1.55. The van der Waals surface area contributed by atoms with Crippen LogP contribution in [0.4, 0.5) is 11.4 Å². The van der Waals surface area contributed by atoms with Crippen molar-refractivity contribution in [2.75, 3.05) is 25.0 Å². The molecule has 0 radical (unpaired) electrons. The molecule has 0 saturated heterocycles. The molecule has 15 heavy (non-hydrogen) atoms. The summed E-state index contributed by atoms with van der Waals surface area (Å²) in [6.45, 7) is 0. The second-order valence-electron chi connectivity index (χ2n) is 3.25. The van der Waals surface area contributed by atoms with Gasteiger partial charge in [0.2, 0.25) is 0 Å². The van der Waals surface area contributed by atoms with Gasteiger partial charge in [0.25, 0.3) is 0 Å². The zero-order valence-corrected chi connectivity index (χ0v) is 8.77. The maximum Gasteiger partial charge on any atom is 0.0952 e. The normalized spacial score (nSPS) is 10.5. The summed E-state index contributed by atoms with van der Waals surface area (Å²) in [4.78, 5) is 9.40. The third-order valence-corrected chi connectivity index (χ3v) is 2.39. The van der Waals surface area contributed by atoms with Gasteiger partial charge in [-0.05, 0) is 24.3 Å². The number of benzene rings is 1. The molecule has 0 spiro atoms. The molecule has 78 valence electrons. The Morgan fingerprint density at radius 2 is 2.13 bits per heavy atom.